The van der Waals surface area contributed by atoms with Crippen LogP contribution in [-0.4, -0.2) is 57.7 Å². The number of aliphatic hydroxyl groups is 4. The molecule has 1 fully saturated rings. The average Bonchev–Trinajstić information content (AvgIpc) is 2.08. The Balaban J connectivity index is 2.63. The van der Waals surface area contributed by atoms with E-state index in [1.54, 1.807) is 0 Å². The van der Waals surface area contributed by atoms with E-state index in [0.717, 1.165) is 0 Å². The summed E-state index contributed by atoms with van der Waals surface area (Å²) in [6, 6.07) is -0.995. The molecule has 0 radical (unpaired) electrons. The lowest BCUT2D eigenvalue weighted by atomic mass is 9.97. The Bertz CT molecular complexity index is 150. The van der Waals surface area contributed by atoms with Crippen LogP contribution in [0.25, 0.3) is 0 Å². The monoisotopic (exact) mass is 179 g/mol. The van der Waals surface area contributed by atoms with Crippen molar-refractivity contribution < 1.29 is 25.2 Å². The number of rotatable bonds is 1. The van der Waals surface area contributed by atoms with Gasteiger partial charge in [0.1, 0.15) is 18.3 Å². The highest BCUT2D eigenvalue weighted by Crippen LogP contribution is 2.17. The predicted molar refractivity (Wildman–Crippen MR) is 38.0 cm³/mol. The van der Waals surface area contributed by atoms with E-state index in [2.05, 4.69) is 4.74 Å². The zero-order valence-corrected chi connectivity index (χ0v) is 6.37. The molecular formula is C6H13NO5. The van der Waals surface area contributed by atoms with Gasteiger partial charge in [-0.3, -0.25) is 0 Å². The van der Waals surface area contributed by atoms with Crippen LogP contribution in [-0.2, 0) is 4.74 Å². The fraction of sp³-hybridized carbons (Fsp3) is 1.00. The Morgan fingerprint density at radius 1 is 1.17 bits per heavy atom. The number of hydrogen-bond donors (Lipinski definition) is 5. The Kier molecular flexibility index (Phi) is 2.99. The van der Waals surface area contributed by atoms with Crippen LogP contribution in [0.2, 0.25) is 0 Å². The first kappa shape index (κ1) is 9.85. The van der Waals surface area contributed by atoms with E-state index in [1.807, 2.05) is 0 Å². The van der Waals surface area contributed by atoms with E-state index >= 15 is 0 Å². The quantitative estimate of drug-likeness (QED) is 0.288. The van der Waals surface area contributed by atoms with E-state index in [0.29, 0.717) is 0 Å². The van der Waals surface area contributed by atoms with E-state index < -0.39 is 37.3 Å². The maximum Gasteiger partial charge on any atom is 0.183 e. The van der Waals surface area contributed by atoms with Crippen LogP contribution in [0, 0.1) is 0 Å². The van der Waals surface area contributed by atoms with Gasteiger partial charge in [0.05, 0.1) is 12.6 Å². The van der Waals surface area contributed by atoms with Crippen LogP contribution < -0.4 is 5.73 Å². The maximum absolute atomic E-state index is 9.24. The van der Waals surface area contributed by atoms with Crippen LogP contribution >= 0.6 is 0 Å². The Labute approximate surface area is 69.2 Å². The molecule has 1 rings (SSSR count). The molecule has 6 nitrogen and oxygen atoms in total. The van der Waals surface area contributed by atoms with Crippen LogP contribution in [0.15, 0.2) is 0 Å². The standard InChI is InChI=1S/C6H13NO5/c7-3-4(9)2(1-8)12-6(11)5(3)10/h2-6,8-11H,1,7H2/t2-,3-,4+,5+,6-/m1/s1. The molecular weight excluding hydrogens is 166 g/mol. The zero-order valence-electron chi connectivity index (χ0n) is 6.37. The first-order valence-electron chi connectivity index (χ1n) is 3.64. The molecule has 0 saturated carbocycles. The minimum Gasteiger partial charge on any atom is -0.394 e. The van der Waals surface area contributed by atoms with Gasteiger partial charge in [-0.15, -0.1) is 0 Å². The van der Waals surface area contributed by atoms with Gasteiger partial charge in [0.25, 0.3) is 0 Å². The second-order valence-electron chi connectivity index (χ2n) is 2.81. The fourth-order valence-electron chi connectivity index (χ4n) is 1.13. The van der Waals surface area contributed by atoms with E-state index in [4.69, 9.17) is 21.1 Å². The summed E-state index contributed by atoms with van der Waals surface area (Å²) in [5.41, 5.74) is 5.33. The molecule has 0 aliphatic carbocycles. The van der Waals surface area contributed by atoms with Crippen LogP contribution in [0.3, 0.4) is 0 Å². The summed E-state index contributed by atoms with van der Waals surface area (Å²) in [6.45, 7) is -0.446. The Morgan fingerprint density at radius 2 is 1.75 bits per heavy atom. The van der Waals surface area contributed by atoms with Crippen molar-refractivity contribution in [1.29, 1.82) is 0 Å². The van der Waals surface area contributed by atoms with Crippen molar-refractivity contribution in [3.63, 3.8) is 0 Å². The number of hydrogen-bond acceptors (Lipinski definition) is 6. The normalized spacial score (nSPS) is 49.2. The van der Waals surface area contributed by atoms with Gasteiger partial charge in [-0.2, -0.15) is 0 Å². The Morgan fingerprint density at radius 3 is 2.25 bits per heavy atom. The smallest absolute Gasteiger partial charge is 0.183 e. The fourth-order valence-corrected chi connectivity index (χ4v) is 1.13. The number of nitrogens with two attached hydrogens (primary N) is 1. The minimum atomic E-state index is -1.44. The molecule has 72 valence electrons. The van der Waals surface area contributed by atoms with E-state index in [1.165, 1.54) is 0 Å². The van der Waals surface area contributed by atoms with Crippen molar-refractivity contribution in [3.8, 4) is 0 Å². The molecule has 0 aromatic carbocycles. The van der Waals surface area contributed by atoms with Gasteiger partial charge in [-0.25, -0.2) is 0 Å². The van der Waals surface area contributed by atoms with Gasteiger partial charge < -0.3 is 30.9 Å². The van der Waals surface area contributed by atoms with Gasteiger partial charge in [-0.05, 0) is 0 Å². The molecule has 0 amide bonds. The van der Waals surface area contributed by atoms with Crippen molar-refractivity contribution >= 4 is 0 Å². The minimum absolute atomic E-state index is 0.446. The molecule has 12 heavy (non-hydrogen) atoms. The lowest BCUT2D eigenvalue weighted by Gasteiger charge is -2.38. The molecule has 1 heterocycles. The van der Waals surface area contributed by atoms with Crippen LogP contribution in [0.4, 0.5) is 0 Å². The predicted octanol–water partition coefficient (Wildman–Crippen LogP) is -3.25. The van der Waals surface area contributed by atoms with Gasteiger partial charge in [0.15, 0.2) is 6.29 Å². The van der Waals surface area contributed by atoms with E-state index in [-0.39, 0.29) is 0 Å². The van der Waals surface area contributed by atoms with Crippen molar-refractivity contribution in [2.75, 3.05) is 6.61 Å². The summed E-state index contributed by atoms with van der Waals surface area (Å²) in [6.07, 6.45) is -4.85. The first-order chi connectivity index (χ1) is 5.57. The van der Waals surface area contributed by atoms with Crippen molar-refractivity contribution in [2.24, 2.45) is 5.73 Å². The molecule has 6 heteroatoms. The number of aliphatic hydroxyl groups excluding tert-OH is 4. The SMILES string of the molecule is N[C@@H]1[C@@H](O)[C@@H](CO)O[C@@H](O)[C@H]1O. The molecule has 0 spiro atoms. The third-order valence-corrected chi connectivity index (χ3v) is 1.96. The first-order valence-corrected chi connectivity index (χ1v) is 3.64. The summed E-state index contributed by atoms with van der Waals surface area (Å²) < 4.78 is 4.66. The molecule has 6 N–H and O–H groups in total. The topological polar surface area (TPSA) is 116 Å². The van der Waals surface area contributed by atoms with Gasteiger partial charge in [0.2, 0.25) is 0 Å². The molecule has 1 aliphatic rings. The molecule has 5 atom stereocenters. The molecule has 1 aliphatic heterocycles. The molecule has 1 saturated heterocycles. The third kappa shape index (κ3) is 1.58. The van der Waals surface area contributed by atoms with Crippen molar-refractivity contribution in [1.82, 2.24) is 0 Å². The average molecular weight is 179 g/mol. The van der Waals surface area contributed by atoms with Crippen LogP contribution in [0.5, 0.6) is 0 Å². The van der Waals surface area contributed by atoms with E-state index in [9.17, 15) is 5.11 Å². The molecule has 0 bridgehead atoms. The summed E-state index contributed by atoms with van der Waals surface area (Å²) in [4.78, 5) is 0. The summed E-state index contributed by atoms with van der Waals surface area (Å²) in [5, 5.41) is 36.0. The highest BCUT2D eigenvalue weighted by Gasteiger charge is 2.41. The number of ether oxygens (including phenoxy) is 1. The summed E-state index contributed by atoms with van der Waals surface area (Å²) in [7, 11) is 0. The van der Waals surface area contributed by atoms with Gasteiger partial charge >= 0.3 is 0 Å². The van der Waals surface area contributed by atoms with Crippen molar-refractivity contribution in [2.45, 2.75) is 30.6 Å². The highest BCUT2D eigenvalue weighted by molar-refractivity contribution is 4.90. The molecule has 0 unspecified atom stereocenters. The summed E-state index contributed by atoms with van der Waals surface area (Å²) in [5.74, 6) is 0. The van der Waals surface area contributed by atoms with Crippen LogP contribution in [0.1, 0.15) is 0 Å². The Hall–Kier alpha value is -0.240. The zero-order chi connectivity index (χ0) is 9.30. The lowest BCUT2D eigenvalue weighted by Crippen LogP contribution is -2.62. The summed E-state index contributed by atoms with van der Waals surface area (Å²) >= 11 is 0. The largest absolute Gasteiger partial charge is 0.394 e. The maximum atomic E-state index is 9.24. The lowest BCUT2D eigenvalue weighted by molar-refractivity contribution is -0.258. The van der Waals surface area contributed by atoms with Crippen molar-refractivity contribution in [3.05, 3.63) is 0 Å². The van der Waals surface area contributed by atoms with Gasteiger partial charge in [0, 0.05) is 0 Å². The molecule has 0 aromatic rings. The molecule has 0 aromatic heterocycles. The second-order valence-corrected chi connectivity index (χ2v) is 2.81. The highest BCUT2D eigenvalue weighted by atomic mass is 16.6. The van der Waals surface area contributed by atoms with Gasteiger partial charge in [-0.1, -0.05) is 0 Å². The third-order valence-electron chi connectivity index (χ3n) is 1.96. The second kappa shape index (κ2) is 3.65.